The van der Waals surface area contributed by atoms with E-state index in [-0.39, 0.29) is 11.4 Å². The van der Waals surface area contributed by atoms with E-state index in [2.05, 4.69) is 0 Å². The van der Waals surface area contributed by atoms with Gasteiger partial charge in [-0.15, -0.1) is 0 Å². The summed E-state index contributed by atoms with van der Waals surface area (Å²) in [6.07, 6.45) is 2.00. The average molecular weight is 188 g/mol. The van der Waals surface area contributed by atoms with Crippen LogP contribution in [-0.4, -0.2) is 5.78 Å². The van der Waals surface area contributed by atoms with E-state index < -0.39 is 5.41 Å². The monoisotopic (exact) mass is 188 g/mol. The molecule has 1 rings (SSSR count). The molecule has 0 bridgehead atoms. The van der Waals surface area contributed by atoms with Crippen LogP contribution in [0.4, 0.5) is 0 Å². The molecule has 1 saturated carbocycles. The third-order valence-corrected chi connectivity index (χ3v) is 2.81. The highest BCUT2D eigenvalue weighted by atomic mass is 16.1. The normalized spacial score (nSPS) is 19.7. The second-order valence-corrected chi connectivity index (χ2v) is 3.98. The highest BCUT2D eigenvalue weighted by molar-refractivity contribution is 5.88. The molecule has 0 aliphatic heterocycles. The molecular weight excluding hydrogens is 176 g/mol. The van der Waals surface area contributed by atoms with Crippen molar-refractivity contribution in [2.75, 3.05) is 0 Å². The first-order valence-corrected chi connectivity index (χ1v) is 4.61. The molecule has 1 aliphatic carbocycles. The molecule has 0 N–H and O–H groups in total. The Labute approximate surface area is 83.6 Å². The summed E-state index contributed by atoms with van der Waals surface area (Å²) in [5, 5.41) is 17.5. The van der Waals surface area contributed by atoms with Gasteiger partial charge in [-0.25, -0.2) is 0 Å². The lowest BCUT2D eigenvalue weighted by Gasteiger charge is -2.31. The zero-order valence-corrected chi connectivity index (χ0v) is 8.42. The van der Waals surface area contributed by atoms with E-state index in [4.69, 9.17) is 10.5 Å². The van der Waals surface area contributed by atoms with Gasteiger partial charge in [-0.2, -0.15) is 10.5 Å². The fourth-order valence-corrected chi connectivity index (χ4v) is 1.82. The number of nitriles is 2. The van der Waals surface area contributed by atoms with Crippen LogP contribution in [0, 0.1) is 28.1 Å². The van der Waals surface area contributed by atoms with E-state index in [0.717, 1.165) is 6.42 Å². The summed E-state index contributed by atoms with van der Waals surface area (Å²) in [6.45, 7) is 3.58. The van der Waals surface area contributed by atoms with Gasteiger partial charge in [0.05, 0.1) is 0 Å². The fourth-order valence-electron chi connectivity index (χ4n) is 1.82. The maximum absolute atomic E-state index is 11.6. The molecule has 0 aromatic rings. The van der Waals surface area contributed by atoms with Crippen LogP contribution >= 0.6 is 0 Å². The fraction of sp³-hybridized carbons (Fsp3) is 0.545. The van der Waals surface area contributed by atoms with Crippen molar-refractivity contribution in [3.8, 4) is 12.1 Å². The van der Waals surface area contributed by atoms with Crippen molar-refractivity contribution in [1.29, 1.82) is 10.5 Å². The molecule has 0 saturated heterocycles. The molecule has 0 aromatic heterocycles. The van der Waals surface area contributed by atoms with Crippen molar-refractivity contribution in [1.82, 2.24) is 0 Å². The van der Waals surface area contributed by atoms with Crippen LogP contribution < -0.4 is 0 Å². The van der Waals surface area contributed by atoms with Crippen LogP contribution in [0.2, 0.25) is 0 Å². The first-order valence-electron chi connectivity index (χ1n) is 4.61. The van der Waals surface area contributed by atoms with Crippen molar-refractivity contribution in [3.63, 3.8) is 0 Å². The Bertz CT molecular complexity index is 361. The maximum Gasteiger partial charge on any atom is 0.142 e. The van der Waals surface area contributed by atoms with Gasteiger partial charge in [0.15, 0.2) is 0 Å². The zero-order valence-electron chi connectivity index (χ0n) is 8.42. The van der Waals surface area contributed by atoms with E-state index in [0.29, 0.717) is 18.4 Å². The Morgan fingerprint density at radius 3 is 2.36 bits per heavy atom. The third kappa shape index (κ3) is 1.54. The maximum atomic E-state index is 11.6. The number of nitrogens with zero attached hydrogens (tertiary/aromatic N) is 2. The predicted octanol–water partition coefficient (Wildman–Crippen LogP) is 2.11. The van der Waals surface area contributed by atoms with Crippen molar-refractivity contribution in [2.45, 2.75) is 33.1 Å². The van der Waals surface area contributed by atoms with Gasteiger partial charge in [0.2, 0.25) is 0 Å². The highest BCUT2D eigenvalue weighted by Gasteiger charge is 2.36. The van der Waals surface area contributed by atoms with Gasteiger partial charge in [-0.05, 0) is 32.3 Å². The van der Waals surface area contributed by atoms with Gasteiger partial charge in [0.25, 0.3) is 0 Å². The Balaban J connectivity index is 3.25. The van der Waals surface area contributed by atoms with E-state index in [1.807, 2.05) is 12.1 Å². The molecule has 3 heteroatoms. The standard InChI is InChI=1S/C11H12N2O/c1-11(2)9(8(6-12)7-13)4-3-5-10(11)14/h3-5H2,1-2H3. The Morgan fingerprint density at radius 2 is 1.86 bits per heavy atom. The van der Waals surface area contributed by atoms with E-state index in [9.17, 15) is 4.79 Å². The molecule has 0 spiro atoms. The molecule has 1 aliphatic rings. The Hall–Kier alpha value is -1.61. The third-order valence-electron chi connectivity index (χ3n) is 2.81. The Morgan fingerprint density at radius 1 is 1.29 bits per heavy atom. The lowest BCUT2D eigenvalue weighted by Crippen LogP contribution is -2.31. The smallest absolute Gasteiger partial charge is 0.142 e. The van der Waals surface area contributed by atoms with Gasteiger partial charge in [-0.1, -0.05) is 0 Å². The molecular formula is C11H12N2O. The van der Waals surface area contributed by atoms with Gasteiger partial charge < -0.3 is 0 Å². The number of Topliss-reactive ketones (excluding diaryl/α,β-unsaturated/α-hetero) is 1. The van der Waals surface area contributed by atoms with Gasteiger partial charge in [0, 0.05) is 11.8 Å². The molecule has 72 valence electrons. The number of carbonyl (C=O) groups is 1. The van der Waals surface area contributed by atoms with Gasteiger partial charge >= 0.3 is 0 Å². The summed E-state index contributed by atoms with van der Waals surface area (Å²) < 4.78 is 0. The number of hydrogen-bond acceptors (Lipinski definition) is 3. The molecule has 0 aromatic carbocycles. The summed E-state index contributed by atoms with van der Waals surface area (Å²) in [6, 6.07) is 3.73. The Kier molecular flexibility index (Phi) is 2.72. The van der Waals surface area contributed by atoms with Crippen molar-refractivity contribution >= 4 is 5.78 Å². The van der Waals surface area contributed by atoms with Gasteiger partial charge in [-0.3, -0.25) is 4.79 Å². The predicted molar refractivity (Wildman–Crippen MR) is 50.9 cm³/mol. The first kappa shape index (κ1) is 10.5. The van der Waals surface area contributed by atoms with Crippen LogP contribution in [0.5, 0.6) is 0 Å². The van der Waals surface area contributed by atoms with Crippen LogP contribution in [0.25, 0.3) is 0 Å². The minimum Gasteiger partial charge on any atom is -0.299 e. The van der Waals surface area contributed by atoms with E-state index >= 15 is 0 Å². The van der Waals surface area contributed by atoms with E-state index in [1.54, 1.807) is 13.8 Å². The molecule has 3 nitrogen and oxygen atoms in total. The lowest BCUT2D eigenvalue weighted by molar-refractivity contribution is -0.126. The molecule has 0 unspecified atom stereocenters. The SMILES string of the molecule is CC1(C)C(=O)CCCC1=C(C#N)C#N. The van der Waals surface area contributed by atoms with Crippen LogP contribution in [0.15, 0.2) is 11.1 Å². The highest BCUT2D eigenvalue weighted by Crippen LogP contribution is 2.38. The van der Waals surface area contributed by atoms with Crippen molar-refractivity contribution in [2.24, 2.45) is 5.41 Å². The summed E-state index contributed by atoms with van der Waals surface area (Å²) in [7, 11) is 0. The summed E-state index contributed by atoms with van der Waals surface area (Å²) >= 11 is 0. The quantitative estimate of drug-likeness (QED) is 0.547. The average Bonchev–Trinajstić information content (AvgIpc) is 2.14. The van der Waals surface area contributed by atoms with E-state index in [1.165, 1.54) is 0 Å². The van der Waals surface area contributed by atoms with Crippen LogP contribution in [-0.2, 0) is 4.79 Å². The first-order chi connectivity index (χ1) is 6.54. The lowest BCUT2D eigenvalue weighted by atomic mass is 9.70. The summed E-state index contributed by atoms with van der Waals surface area (Å²) in [4.78, 5) is 11.6. The number of allylic oxidation sites excluding steroid dienone is 2. The minimum atomic E-state index is -0.626. The molecule has 1 fully saturated rings. The largest absolute Gasteiger partial charge is 0.299 e. The number of rotatable bonds is 0. The second kappa shape index (κ2) is 3.64. The number of ketones is 1. The van der Waals surface area contributed by atoms with Gasteiger partial charge in [0.1, 0.15) is 23.5 Å². The molecule has 0 radical (unpaired) electrons. The van der Waals surface area contributed by atoms with Crippen LogP contribution in [0.1, 0.15) is 33.1 Å². The summed E-state index contributed by atoms with van der Waals surface area (Å²) in [5.74, 6) is 0.127. The molecule has 0 atom stereocenters. The zero-order chi connectivity index (χ0) is 10.8. The number of carbonyl (C=O) groups excluding carboxylic acids is 1. The van der Waals surface area contributed by atoms with Crippen LogP contribution in [0.3, 0.4) is 0 Å². The number of hydrogen-bond donors (Lipinski definition) is 0. The summed E-state index contributed by atoms with van der Waals surface area (Å²) in [5.41, 5.74) is 0.195. The minimum absolute atomic E-state index is 0.114. The topological polar surface area (TPSA) is 64.7 Å². The second-order valence-electron chi connectivity index (χ2n) is 3.98. The molecule has 0 amide bonds. The molecule has 14 heavy (non-hydrogen) atoms. The van der Waals surface area contributed by atoms with Crippen molar-refractivity contribution < 1.29 is 4.79 Å². The molecule has 0 heterocycles. The van der Waals surface area contributed by atoms with Crippen molar-refractivity contribution in [3.05, 3.63) is 11.1 Å².